The number of aryl methyl sites for hydroxylation is 10. The Morgan fingerprint density at radius 2 is 0.600 bits per heavy atom. The topological polar surface area (TPSA) is 16.3 Å². The molecule has 0 saturated carbocycles. The number of fused-ring (bicyclic) bond motifs is 9. The molecule has 4 heteroatoms. The Kier molecular flexibility index (Phi) is 8.69. The average molecular weight is 781 g/mol. The van der Waals surface area contributed by atoms with Crippen LogP contribution in [0.15, 0.2) is 133 Å². The zero-order valence-corrected chi connectivity index (χ0v) is 36.5. The van der Waals surface area contributed by atoms with Gasteiger partial charge in [-0.3, -0.25) is 0 Å². The number of aromatic nitrogens is 2. The van der Waals surface area contributed by atoms with E-state index in [2.05, 4.69) is 222 Å². The molecule has 2 heterocycles. The largest absolute Gasteiger partial charge is 0.344 e. The molecule has 4 nitrogen and oxygen atoms in total. The van der Waals surface area contributed by atoms with E-state index in [9.17, 15) is 0 Å². The maximum absolute atomic E-state index is 2.44. The van der Waals surface area contributed by atoms with Crippen LogP contribution in [0.5, 0.6) is 0 Å². The maximum Gasteiger partial charge on any atom is 0.0509 e. The van der Waals surface area contributed by atoms with Crippen LogP contribution in [-0.2, 0) is 14.1 Å². The molecule has 0 atom stereocenters. The lowest BCUT2D eigenvalue weighted by atomic mass is 9.99. The third kappa shape index (κ3) is 5.80. The number of hydrogen-bond acceptors (Lipinski definition) is 2. The second kappa shape index (κ2) is 13.9. The van der Waals surface area contributed by atoms with Crippen LogP contribution >= 0.6 is 0 Å². The number of rotatable bonds is 6. The van der Waals surface area contributed by atoms with E-state index in [0.29, 0.717) is 0 Å². The smallest absolute Gasteiger partial charge is 0.0509 e. The first-order chi connectivity index (χ1) is 28.9. The van der Waals surface area contributed by atoms with Crippen molar-refractivity contribution in [1.29, 1.82) is 0 Å². The SMILES string of the molecule is Cc1ccc(N(c2ccc3c4c5ccc6c(c5ccc4n(C)c3c2)c2ccc(N(c3ccc(C)cc3C)c3ccc(C)cc3C)cc2n6C)c2ccc(C)cc2C)c(C)c1. The van der Waals surface area contributed by atoms with Crippen molar-refractivity contribution in [3.8, 4) is 0 Å². The number of benzene rings is 8. The van der Waals surface area contributed by atoms with Gasteiger partial charge in [0.15, 0.2) is 0 Å². The number of nitrogens with zero attached hydrogens (tertiary/aromatic N) is 4. The monoisotopic (exact) mass is 780 g/mol. The summed E-state index contributed by atoms with van der Waals surface area (Å²) in [5, 5.41) is 7.69. The highest BCUT2D eigenvalue weighted by Gasteiger charge is 2.23. The Bertz CT molecular complexity index is 3060. The predicted octanol–water partition coefficient (Wildman–Crippen LogP) is 15.5. The van der Waals surface area contributed by atoms with Gasteiger partial charge < -0.3 is 18.9 Å². The van der Waals surface area contributed by atoms with Gasteiger partial charge in [0.1, 0.15) is 0 Å². The van der Waals surface area contributed by atoms with Crippen LogP contribution in [0.25, 0.3) is 54.4 Å². The first kappa shape index (κ1) is 37.5. The Morgan fingerprint density at radius 1 is 0.300 bits per heavy atom. The molecule has 0 aliphatic heterocycles. The molecule has 10 rings (SSSR count). The highest BCUT2D eigenvalue weighted by atomic mass is 15.2. The second-order valence-corrected chi connectivity index (χ2v) is 17.4. The van der Waals surface area contributed by atoms with Crippen molar-refractivity contribution in [2.75, 3.05) is 9.80 Å². The fraction of sp³-hybridized carbons (Fsp3) is 0.179. The minimum atomic E-state index is 1.15. The molecular weight excluding hydrogens is 729 g/mol. The van der Waals surface area contributed by atoms with Crippen molar-refractivity contribution in [3.05, 3.63) is 178 Å². The van der Waals surface area contributed by atoms with E-state index < -0.39 is 0 Å². The van der Waals surface area contributed by atoms with Gasteiger partial charge in [-0.2, -0.15) is 0 Å². The molecule has 0 unspecified atom stereocenters. The van der Waals surface area contributed by atoms with Gasteiger partial charge in [0.25, 0.3) is 0 Å². The summed E-state index contributed by atoms with van der Waals surface area (Å²) >= 11 is 0. The molecule has 0 fully saturated rings. The summed E-state index contributed by atoms with van der Waals surface area (Å²) < 4.78 is 4.76. The normalized spacial score (nSPS) is 11.8. The molecule has 296 valence electrons. The lowest BCUT2D eigenvalue weighted by Gasteiger charge is -2.29. The number of hydrogen-bond donors (Lipinski definition) is 0. The van der Waals surface area contributed by atoms with E-state index >= 15 is 0 Å². The number of anilines is 6. The third-order valence-electron chi connectivity index (χ3n) is 13.0. The van der Waals surface area contributed by atoms with E-state index in [1.807, 2.05) is 0 Å². The molecule has 60 heavy (non-hydrogen) atoms. The van der Waals surface area contributed by atoms with Crippen LogP contribution in [0.3, 0.4) is 0 Å². The van der Waals surface area contributed by atoms with Gasteiger partial charge in [-0.25, -0.2) is 0 Å². The van der Waals surface area contributed by atoms with Crippen LogP contribution in [0, 0.1) is 55.4 Å². The van der Waals surface area contributed by atoms with E-state index in [1.54, 1.807) is 0 Å². The Hall–Kier alpha value is -6.78. The van der Waals surface area contributed by atoms with Gasteiger partial charge in [0, 0.05) is 80.8 Å². The zero-order chi connectivity index (χ0) is 41.7. The summed E-state index contributed by atoms with van der Waals surface area (Å²) in [5.74, 6) is 0. The lowest BCUT2D eigenvalue weighted by Crippen LogP contribution is -2.13. The van der Waals surface area contributed by atoms with E-state index in [0.717, 1.165) is 11.4 Å². The van der Waals surface area contributed by atoms with Crippen LogP contribution in [0.2, 0.25) is 0 Å². The van der Waals surface area contributed by atoms with E-state index in [-0.39, 0.29) is 0 Å². The summed E-state index contributed by atoms with van der Waals surface area (Å²) in [4.78, 5) is 4.88. The molecule has 0 saturated heterocycles. The van der Waals surface area contributed by atoms with Crippen LogP contribution in [0.1, 0.15) is 44.5 Å². The first-order valence-corrected chi connectivity index (χ1v) is 21.1. The zero-order valence-electron chi connectivity index (χ0n) is 36.5. The molecule has 0 spiro atoms. The van der Waals surface area contributed by atoms with Crippen molar-refractivity contribution >= 4 is 88.5 Å². The van der Waals surface area contributed by atoms with Crippen LogP contribution in [-0.4, -0.2) is 9.13 Å². The summed E-state index contributed by atoms with van der Waals surface area (Å²) in [5.41, 5.74) is 22.1. The minimum absolute atomic E-state index is 1.15. The van der Waals surface area contributed by atoms with Crippen LogP contribution in [0.4, 0.5) is 34.1 Å². The molecule has 0 amide bonds. The average Bonchev–Trinajstić information content (AvgIpc) is 3.67. The van der Waals surface area contributed by atoms with Gasteiger partial charge in [0.05, 0.1) is 11.0 Å². The van der Waals surface area contributed by atoms with Crippen molar-refractivity contribution in [2.45, 2.75) is 55.4 Å². The molecule has 0 aliphatic carbocycles. The molecule has 0 bridgehead atoms. The van der Waals surface area contributed by atoms with Crippen molar-refractivity contribution in [1.82, 2.24) is 9.13 Å². The minimum Gasteiger partial charge on any atom is -0.344 e. The Labute approximate surface area is 353 Å². The summed E-state index contributed by atoms with van der Waals surface area (Å²) in [6.07, 6.45) is 0. The van der Waals surface area contributed by atoms with E-state index in [1.165, 1.54) is 122 Å². The summed E-state index contributed by atoms with van der Waals surface area (Å²) in [6, 6.07) is 50.6. The van der Waals surface area contributed by atoms with E-state index in [4.69, 9.17) is 0 Å². The van der Waals surface area contributed by atoms with Crippen molar-refractivity contribution in [3.63, 3.8) is 0 Å². The Balaban J connectivity index is 1.16. The standard InChI is InChI=1S/C56H52N4/c1-33-11-21-47(37(5)27-33)59(48-22-12-34(2)28-38(48)6)41-15-17-45-53(31-41)57(9)51-25-19-44-43(55(45)51)20-26-52-56(44)46-18-16-42(32-54(46)58(52)10)60(49-23-13-35(3)29-39(49)7)50-24-14-36(4)30-40(50)8/h11-32H,1-10H3. The summed E-state index contributed by atoms with van der Waals surface area (Å²) in [7, 11) is 4.43. The van der Waals surface area contributed by atoms with Gasteiger partial charge in [-0.15, -0.1) is 0 Å². The predicted molar refractivity (Wildman–Crippen MR) is 259 cm³/mol. The van der Waals surface area contributed by atoms with Gasteiger partial charge in [0.2, 0.25) is 0 Å². The molecular formula is C56H52N4. The molecule has 0 radical (unpaired) electrons. The highest BCUT2D eigenvalue weighted by Crippen LogP contribution is 2.46. The maximum atomic E-state index is 2.44. The molecule has 0 aliphatic rings. The van der Waals surface area contributed by atoms with Gasteiger partial charge in [-0.05, 0) is 149 Å². The fourth-order valence-electron chi connectivity index (χ4n) is 10.1. The first-order valence-electron chi connectivity index (χ1n) is 21.1. The fourth-order valence-corrected chi connectivity index (χ4v) is 10.1. The highest BCUT2D eigenvalue weighted by molar-refractivity contribution is 6.29. The van der Waals surface area contributed by atoms with Gasteiger partial charge >= 0.3 is 0 Å². The lowest BCUT2D eigenvalue weighted by molar-refractivity contribution is 1.01. The summed E-state index contributed by atoms with van der Waals surface area (Å²) in [6.45, 7) is 17.6. The molecule has 2 aromatic heterocycles. The Morgan fingerprint density at radius 3 is 0.900 bits per heavy atom. The quantitative estimate of drug-likeness (QED) is 0.167. The molecule has 8 aromatic carbocycles. The molecule has 10 aromatic rings. The third-order valence-corrected chi connectivity index (χ3v) is 13.0. The van der Waals surface area contributed by atoms with Gasteiger partial charge in [-0.1, -0.05) is 95.1 Å². The second-order valence-electron chi connectivity index (χ2n) is 17.4. The van der Waals surface area contributed by atoms with Crippen molar-refractivity contribution in [2.24, 2.45) is 14.1 Å². The van der Waals surface area contributed by atoms with Crippen LogP contribution < -0.4 is 9.80 Å². The molecule has 0 N–H and O–H groups in total. The van der Waals surface area contributed by atoms with Crippen molar-refractivity contribution < 1.29 is 0 Å².